The van der Waals surface area contributed by atoms with E-state index in [4.69, 9.17) is 4.74 Å². The van der Waals surface area contributed by atoms with Gasteiger partial charge in [0.05, 0.1) is 7.11 Å². The summed E-state index contributed by atoms with van der Waals surface area (Å²) in [5, 5.41) is 0. The number of ether oxygens (including phenoxy) is 1. The molecule has 0 radical (unpaired) electrons. The molecule has 1 aliphatic heterocycles. The van der Waals surface area contributed by atoms with E-state index in [2.05, 4.69) is 4.98 Å². The predicted octanol–water partition coefficient (Wildman–Crippen LogP) is 1.58. The summed E-state index contributed by atoms with van der Waals surface area (Å²) >= 11 is 0. The lowest BCUT2D eigenvalue weighted by Gasteiger charge is -2.37. The average molecular weight is 242 g/mol. The molecule has 2 rings (SSSR count). The molecule has 92 valence electrons. The van der Waals surface area contributed by atoms with Gasteiger partial charge in [-0.15, -0.1) is 0 Å². The fourth-order valence-corrected chi connectivity index (χ4v) is 2.01. The zero-order chi connectivity index (χ0) is 12.4. The van der Waals surface area contributed by atoms with Gasteiger partial charge in [-0.25, -0.2) is 8.78 Å². The number of methoxy groups -OCH3 is 1. The highest BCUT2D eigenvalue weighted by molar-refractivity contribution is 5.52. The van der Waals surface area contributed by atoms with Gasteiger partial charge in [0.1, 0.15) is 11.4 Å². The van der Waals surface area contributed by atoms with Gasteiger partial charge in [0.25, 0.3) is 6.43 Å². The van der Waals surface area contributed by atoms with Crippen molar-refractivity contribution in [1.82, 2.24) is 9.88 Å². The first-order valence-electron chi connectivity index (χ1n) is 5.17. The van der Waals surface area contributed by atoms with Crippen LogP contribution in [0.3, 0.4) is 0 Å². The number of amides is 1. The summed E-state index contributed by atoms with van der Waals surface area (Å²) in [5.74, 6) is 0.290. The van der Waals surface area contributed by atoms with Crippen molar-refractivity contribution < 1.29 is 18.3 Å². The number of hydrogen-bond acceptors (Lipinski definition) is 3. The zero-order valence-electron chi connectivity index (χ0n) is 9.27. The third kappa shape index (κ3) is 2.07. The lowest BCUT2D eigenvalue weighted by atomic mass is 9.90. The maximum absolute atomic E-state index is 12.8. The molecule has 0 unspecified atom stereocenters. The Balaban J connectivity index is 2.33. The number of hydrogen-bond donors (Lipinski definition) is 0. The smallest absolute Gasteiger partial charge is 0.280 e. The summed E-state index contributed by atoms with van der Waals surface area (Å²) in [7, 11) is 1.43. The highest BCUT2D eigenvalue weighted by Crippen LogP contribution is 2.37. The van der Waals surface area contributed by atoms with Crippen molar-refractivity contribution >= 4 is 6.41 Å². The van der Waals surface area contributed by atoms with Crippen LogP contribution in [0.2, 0.25) is 0 Å². The first-order valence-corrected chi connectivity index (χ1v) is 5.17. The van der Waals surface area contributed by atoms with Crippen molar-refractivity contribution in [1.29, 1.82) is 0 Å². The molecule has 1 aromatic heterocycles. The quantitative estimate of drug-likeness (QED) is 0.753. The van der Waals surface area contributed by atoms with Gasteiger partial charge in [0.15, 0.2) is 0 Å². The minimum Gasteiger partial charge on any atom is -0.496 e. The summed E-state index contributed by atoms with van der Waals surface area (Å²) in [5.41, 5.74) is 0.169. The number of aromatic nitrogens is 1. The summed E-state index contributed by atoms with van der Waals surface area (Å²) in [6.45, 7) is 0.872. The van der Waals surface area contributed by atoms with E-state index < -0.39 is 6.43 Å². The molecular weight excluding hydrogens is 230 g/mol. The maximum Gasteiger partial charge on any atom is 0.280 e. The highest BCUT2D eigenvalue weighted by atomic mass is 19.3. The molecule has 6 heteroatoms. The highest BCUT2D eigenvalue weighted by Gasteiger charge is 2.33. The van der Waals surface area contributed by atoms with Crippen molar-refractivity contribution in [3.8, 4) is 5.75 Å². The minimum atomic E-state index is -2.63. The van der Waals surface area contributed by atoms with Crippen LogP contribution < -0.4 is 4.74 Å². The van der Waals surface area contributed by atoms with Crippen LogP contribution in [0.5, 0.6) is 5.75 Å². The van der Waals surface area contributed by atoms with E-state index in [1.807, 2.05) is 0 Å². The van der Waals surface area contributed by atoms with E-state index in [0.29, 0.717) is 30.8 Å². The first-order chi connectivity index (χ1) is 8.17. The normalized spacial score (nSPS) is 15.9. The van der Waals surface area contributed by atoms with Gasteiger partial charge in [-0.05, 0) is 6.07 Å². The van der Waals surface area contributed by atoms with E-state index in [1.165, 1.54) is 18.2 Å². The molecule has 4 nitrogen and oxygen atoms in total. The number of halogens is 2. The van der Waals surface area contributed by atoms with Crippen molar-refractivity contribution in [2.24, 2.45) is 0 Å². The molecule has 0 aliphatic carbocycles. The minimum absolute atomic E-state index is 0.118. The number of carbonyl (C=O) groups excluding carboxylic acids is 1. The van der Waals surface area contributed by atoms with Crippen LogP contribution in [0.1, 0.15) is 23.6 Å². The van der Waals surface area contributed by atoms with E-state index in [9.17, 15) is 13.6 Å². The van der Waals surface area contributed by atoms with Crippen LogP contribution in [-0.2, 0) is 4.79 Å². The molecule has 1 aliphatic rings. The zero-order valence-corrected chi connectivity index (χ0v) is 9.27. The Kier molecular flexibility index (Phi) is 3.21. The Hall–Kier alpha value is -1.72. The Morgan fingerprint density at radius 3 is 2.82 bits per heavy atom. The molecule has 0 bridgehead atoms. The molecule has 2 heterocycles. The van der Waals surface area contributed by atoms with E-state index in [1.54, 1.807) is 6.07 Å². The number of carbonyl (C=O) groups is 1. The number of alkyl halides is 2. The number of likely N-dealkylation sites (tertiary alicyclic amines) is 1. The molecule has 1 fully saturated rings. The molecule has 0 spiro atoms. The lowest BCUT2D eigenvalue weighted by molar-refractivity contribution is -0.122. The third-order valence-corrected chi connectivity index (χ3v) is 2.87. The van der Waals surface area contributed by atoms with Gasteiger partial charge in [-0.3, -0.25) is 9.78 Å². The maximum atomic E-state index is 12.8. The van der Waals surface area contributed by atoms with Crippen LogP contribution in [0.15, 0.2) is 12.3 Å². The SMILES string of the molecule is COc1ccnc(C(F)F)c1C1CN(C=O)C1. The second-order valence-corrected chi connectivity index (χ2v) is 3.87. The van der Waals surface area contributed by atoms with E-state index in [0.717, 1.165) is 0 Å². The monoisotopic (exact) mass is 242 g/mol. The molecule has 0 N–H and O–H groups in total. The first kappa shape index (κ1) is 11.8. The average Bonchev–Trinajstić information content (AvgIpc) is 2.27. The Morgan fingerprint density at radius 1 is 1.59 bits per heavy atom. The predicted molar refractivity (Wildman–Crippen MR) is 56.1 cm³/mol. The van der Waals surface area contributed by atoms with Gasteiger partial charge in [-0.1, -0.05) is 0 Å². The van der Waals surface area contributed by atoms with Crippen molar-refractivity contribution in [3.63, 3.8) is 0 Å². The molecular formula is C11H12F2N2O2. The molecule has 0 aromatic carbocycles. The van der Waals surface area contributed by atoms with Crippen molar-refractivity contribution in [2.45, 2.75) is 12.3 Å². The van der Waals surface area contributed by atoms with Crippen LogP contribution in [0, 0.1) is 0 Å². The topological polar surface area (TPSA) is 42.4 Å². The molecule has 0 atom stereocenters. The third-order valence-electron chi connectivity index (χ3n) is 2.87. The van der Waals surface area contributed by atoms with Crippen LogP contribution >= 0.6 is 0 Å². The Morgan fingerprint density at radius 2 is 2.29 bits per heavy atom. The summed E-state index contributed by atoms with van der Waals surface area (Å²) in [6.07, 6.45) is -0.619. The van der Waals surface area contributed by atoms with E-state index in [-0.39, 0.29) is 11.6 Å². The summed E-state index contributed by atoms with van der Waals surface area (Å²) < 4.78 is 30.8. The second-order valence-electron chi connectivity index (χ2n) is 3.87. The number of nitrogens with zero attached hydrogens (tertiary/aromatic N) is 2. The van der Waals surface area contributed by atoms with Crippen molar-refractivity contribution in [3.05, 3.63) is 23.5 Å². The van der Waals surface area contributed by atoms with Gasteiger partial charge in [0, 0.05) is 30.8 Å². The van der Waals surface area contributed by atoms with Crippen LogP contribution in [-0.4, -0.2) is 36.5 Å². The van der Waals surface area contributed by atoms with Gasteiger partial charge >= 0.3 is 0 Å². The summed E-state index contributed by atoms with van der Waals surface area (Å²) in [6, 6.07) is 1.56. The number of pyridine rings is 1. The molecule has 1 aromatic rings. The fraction of sp³-hybridized carbons (Fsp3) is 0.455. The van der Waals surface area contributed by atoms with Crippen LogP contribution in [0.25, 0.3) is 0 Å². The molecule has 1 amide bonds. The lowest BCUT2D eigenvalue weighted by Crippen LogP contribution is -2.44. The van der Waals surface area contributed by atoms with Gasteiger partial charge in [0.2, 0.25) is 6.41 Å². The Labute approximate surface area is 97.2 Å². The standard InChI is InChI=1S/C11H12F2N2O2/c1-17-8-2-3-14-10(11(12)13)9(8)7-4-15(5-7)6-16/h2-3,6-7,11H,4-5H2,1H3. The second kappa shape index (κ2) is 4.65. The van der Waals surface area contributed by atoms with E-state index >= 15 is 0 Å². The molecule has 17 heavy (non-hydrogen) atoms. The fourth-order valence-electron chi connectivity index (χ4n) is 2.01. The Bertz CT molecular complexity index is 420. The van der Waals surface area contributed by atoms with Gasteiger partial charge in [-0.2, -0.15) is 0 Å². The van der Waals surface area contributed by atoms with Gasteiger partial charge < -0.3 is 9.64 Å². The largest absolute Gasteiger partial charge is 0.496 e. The number of rotatable bonds is 4. The summed E-state index contributed by atoms with van der Waals surface area (Å²) in [4.78, 5) is 15.7. The van der Waals surface area contributed by atoms with Crippen molar-refractivity contribution in [2.75, 3.05) is 20.2 Å². The van der Waals surface area contributed by atoms with Crippen LogP contribution in [0.4, 0.5) is 8.78 Å². The molecule has 1 saturated heterocycles. The molecule has 0 saturated carbocycles.